The van der Waals surface area contributed by atoms with E-state index < -0.39 is 0 Å². The molecule has 0 fully saturated rings. The highest BCUT2D eigenvalue weighted by Gasteiger charge is 2.00. The number of hydrogen-bond acceptors (Lipinski definition) is 3. The van der Waals surface area contributed by atoms with Gasteiger partial charge in [0.2, 0.25) is 0 Å². The Morgan fingerprint density at radius 1 is 1.22 bits per heavy atom. The monoisotopic (exact) mass is 257 g/mol. The van der Waals surface area contributed by atoms with Crippen LogP contribution in [0.4, 0.5) is 5.69 Å². The quantitative estimate of drug-likeness (QED) is 0.852. The Kier molecular flexibility index (Phi) is 4.05. The number of benzene rings is 2. The highest BCUT2D eigenvalue weighted by molar-refractivity contribution is 8.13. The minimum absolute atomic E-state index is 0.141. The maximum Gasteiger partial charge on any atom is 0.186 e. The summed E-state index contributed by atoms with van der Waals surface area (Å²) >= 11 is 1.31. The van der Waals surface area contributed by atoms with Crippen LogP contribution >= 0.6 is 11.8 Å². The van der Waals surface area contributed by atoms with Crippen LogP contribution in [0.15, 0.2) is 42.5 Å². The Labute approximate surface area is 111 Å². The third-order valence-corrected chi connectivity index (χ3v) is 3.44. The molecule has 0 heterocycles. The number of hydrogen-bond donors (Lipinski definition) is 1. The van der Waals surface area contributed by atoms with E-state index >= 15 is 0 Å². The van der Waals surface area contributed by atoms with Crippen molar-refractivity contribution >= 4 is 39.4 Å². The van der Waals surface area contributed by atoms with Crippen LogP contribution in [0.1, 0.15) is 12.5 Å². The number of anilines is 1. The van der Waals surface area contributed by atoms with Gasteiger partial charge in [-0.15, -0.1) is 0 Å². The summed E-state index contributed by atoms with van der Waals surface area (Å²) in [5.41, 5.74) is 7.87. The van der Waals surface area contributed by atoms with Crippen molar-refractivity contribution in [3.63, 3.8) is 0 Å². The number of carbonyl (C=O) groups is 1. The van der Waals surface area contributed by atoms with E-state index in [0.717, 1.165) is 22.0 Å². The summed E-state index contributed by atoms with van der Waals surface area (Å²) in [6, 6.07) is 12.0. The van der Waals surface area contributed by atoms with Crippen molar-refractivity contribution in [3.8, 4) is 0 Å². The molecule has 0 aliphatic rings. The first-order valence-electron chi connectivity index (χ1n) is 5.75. The first-order chi connectivity index (χ1) is 8.68. The fourth-order valence-corrected chi connectivity index (χ4v) is 2.26. The Morgan fingerprint density at radius 2 is 1.94 bits per heavy atom. The van der Waals surface area contributed by atoms with Crippen molar-refractivity contribution in [2.45, 2.75) is 6.92 Å². The normalized spacial score (nSPS) is 11.2. The summed E-state index contributed by atoms with van der Waals surface area (Å²) in [5.74, 6) is 0.702. The minimum Gasteiger partial charge on any atom is -0.398 e. The lowest BCUT2D eigenvalue weighted by atomic mass is 10.0. The fraction of sp³-hybridized carbons (Fsp3) is 0.133. The molecule has 2 aromatic carbocycles. The van der Waals surface area contributed by atoms with E-state index in [0.29, 0.717) is 5.75 Å². The summed E-state index contributed by atoms with van der Waals surface area (Å²) in [6.07, 6.45) is 4.04. The molecule has 0 atom stereocenters. The van der Waals surface area contributed by atoms with Crippen LogP contribution in [0.2, 0.25) is 0 Å². The average Bonchev–Trinajstić information content (AvgIpc) is 2.37. The van der Waals surface area contributed by atoms with Gasteiger partial charge in [-0.3, -0.25) is 4.79 Å². The van der Waals surface area contributed by atoms with Gasteiger partial charge in [-0.25, -0.2) is 0 Å². The SMILES string of the molecule is CC(=O)SCC=Cc1ccc(N)c2ccccc12. The highest BCUT2D eigenvalue weighted by Crippen LogP contribution is 2.25. The Hall–Kier alpha value is -1.74. The van der Waals surface area contributed by atoms with Gasteiger partial charge in [-0.1, -0.05) is 54.2 Å². The summed E-state index contributed by atoms with van der Waals surface area (Å²) in [6.45, 7) is 1.58. The third kappa shape index (κ3) is 2.93. The maximum atomic E-state index is 10.8. The molecule has 0 amide bonds. The Bertz CT molecular complexity index is 604. The number of fused-ring (bicyclic) bond motifs is 1. The second-order valence-corrected chi connectivity index (χ2v) is 5.19. The lowest BCUT2D eigenvalue weighted by Gasteiger charge is -2.05. The molecule has 2 rings (SSSR count). The first kappa shape index (κ1) is 12.7. The number of rotatable bonds is 3. The molecule has 0 radical (unpaired) electrons. The predicted molar refractivity (Wildman–Crippen MR) is 80.5 cm³/mol. The van der Waals surface area contributed by atoms with Gasteiger partial charge < -0.3 is 5.73 Å². The van der Waals surface area contributed by atoms with Crippen LogP contribution < -0.4 is 5.73 Å². The molecular weight excluding hydrogens is 242 g/mol. The first-order valence-corrected chi connectivity index (χ1v) is 6.74. The molecule has 0 unspecified atom stereocenters. The molecule has 0 aromatic heterocycles. The summed E-state index contributed by atoms with van der Waals surface area (Å²) in [4.78, 5) is 10.8. The average molecular weight is 257 g/mol. The zero-order valence-electron chi connectivity index (χ0n) is 10.2. The fourth-order valence-electron chi connectivity index (χ4n) is 1.83. The molecule has 0 spiro atoms. The van der Waals surface area contributed by atoms with E-state index in [4.69, 9.17) is 5.73 Å². The highest BCUT2D eigenvalue weighted by atomic mass is 32.2. The molecule has 0 saturated heterocycles. The molecule has 18 heavy (non-hydrogen) atoms. The zero-order valence-corrected chi connectivity index (χ0v) is 11.0. The summed E-state index contributed by atoms with van der Waals surface area (Å²) in [5, 5.41) is 2.35. The Balaban J connectivity index is 2.29. The van der Waals surface area contributed by atoms with Crippen LogP contribution in [0.5, 0.6) is 0 Å². The van der Waals surface area contributed by atoms with E-state index in [1.54, 1.807) is 6.92 Å². The van der Waals surface area contributed by atoms with E-state index in [1.807, 2.05) is 42.5 Å². The Morgan fingerprint density at radius 3 is 2.67 bits per heavy atom. The second kappa shape index (κ2) is 5.74. The maximum absolute atomic E-state index is 10.8. The van der Waals surface area contributed by atoms with Gasteiger partial charge >= 0.3 is 0 Å². The third-order valence-electron chi connectivity index (χ3n) is 2.67. The predicted octanol–water partition coefficient (Wildman–Crippen LogP) is 3.71. The number of nitrogens with two attached hydrogens (primary N) is 1. The molecule has 92 valence electrons. The van der Waals surface area contributed by atoms with Crippen LogP contribution in [0, 0.1) is 0 Å². The topological polar surface area (TPSA) is 43.1 Å². The molecule has 3 heteroatoms. The van der Waals surface area contributed by atoms with Gasteiger partial charge in [0.25, 0.3) is 0 Å². The van der Waals surface area contributed by atoms with Gasteiger partial charge in [0.05, 0.1) is 0 Å². The van der Waals surface area contributed by atoms with Crippen molar-refractivity contribution in [2.24, 2.45) is 0 Å². The summed E-state index contributed by atoms with van der Waals surface area (Å²) < 4.78 is 0. The minimum atomic E-state index is 0.141. The van der Waals surface area contributed by atoms with Crippen LogP contribution in [-0.4, -0.2) is 10.9 Å². The van der Waals surface area contributed by atoms with E-state index in [1.165, 1.54) is 11.8 Å². The molecule has 0 aliphatic heterocycles. The van der Waals surface area contributed by atoms with Gasteiger partial charge in [0.1, 0.15) is 0 Å². The molecule has 2 aromatic rings. The van der Waals surface area contributed by atoms with Crippen LogP contribution in [0.3, 0.4) is 0 Å². The largest absolute Gasteiger partial charge is 0.398 e. The lowest BCUT2D eigenvalue weighted by molar-refractivity contribution is -0.109. The van der Waals surface area contributed by atoms with E-state index in [-0.39, 0.29) is 5.12 Å². The van der Waals surface area contributed by atoms with Crippen molar-refractivity contribution in [3.05, 3.63) is 48.0 Å². The van der Waals surface area contributed by atoms with E-state index in [2.05, 4.69) is 6.07 Å². The molecule has 2 N–H and O–H groups in total. The van der Waals surface area contributed by atoms with Crippen LogP contribution in [0.25, 0.3) is 16.8 Å². The lowest BCUT2D eigenvalue weighted by Crippen LogP contribution is -1.88. The number of carbonyl (C=O) groups excluding carboxylic acids is 1. The second-order valence-electron chi connectivity index (χ2n) is 3.99. The standard InChI is InChI=1S/C15H15NOS/c1-11(17)18-10-4-5-12-8-9-15(16)14-7-3-2-6-13(12)14/h2-9H,10,16H2,1H3. The van der Waals surface area contributed by atoms with Gasteiger partial charge in [-0.05, 0) is 17.0 Å². The molecular formula is C15H15NOS. The van der Waals surface area contributed by atoms with E-state index in [9.17, 15) is 4.79 Å². The number of nitrogen functional groups attached to an aromatic ring is 1. The molecule has 0 saturated carbocycles. The van der Waals surface area contributed by atoms with Gasteiger partial charge in [-0.2, -0.15) is 0 Å². The van der Waals surface area contributed by atoms with Crippen molar-refractivity contribution < 1.29 is 4.79 Å². The summed E-state index contributed by atoms with van der Waals surface area (Å²) in [7, 11) is 0. The number of thioether (sulfide) groups is 1. The molecule has 0 bridgehead atoms. The van der Waals surface area contributed by atoms with Crippen molar-refractivity contribution in [1.29, 1.82) is 0 Å². The molecule has 2 nitrogen and oxygen atoms in total. The molecule has 0 aliphatic carbocycles. The smallest absolute Gasteiger partial charge is 0.186 e. The van der Waals surface area contributed by atoms with Crippen LogP contribution in [-0.2, 0) is 4.79 Å². The van der Waals surface area contributed by atoms with Gasteiger partial charge in [0.15, 0.2) is 5.12 Å². The van der Waals surface area contributed by atoms with Gasteiger partial charge in [0, 0.05) is 23.8 Å². The van der Waals surface area contributed by atoms with Crippen molar-refractivity contribution in [1.82, 2.24) is 0 Å². The van der Waals surface area contributed by atoms with Crippen molar-refractivity contribution in [2.75, 3.05) is 11.5 Å². The zero-order chi connectivity index (χ0) is 13.0.